The highest BCUT2D eigenvalue weighted by atomic mass is 16.5. The maximum absolute atomic E-state index is 12.1. The maximum atomic E-state index is 12.1. The van der Waals surface area contributed by atoms with Crippen LogP contribution in [0.3, 0.4) is 0 Å². The number of hydrogen-bond acceptors (Lipinski definition) is 3. The Morgan fingerprint density at radius 1 is 1.42 bits per heavy atom. The van der Waals surface area contributed by atoms with Crippen LogP contribution in [0.1, 0.15) is 26.2 Å². The quantitative estimate of drug-likeness (QED) is 0.856. The van der Waals surface area contributed by atoms with Crippen LogP contribution in [0.4, 0.5) is 5.69 Å². The Balaban J connectivity index is 1.92. The molecule has 19 heavy (non-hydrogen) atoms. The number of benzene rings is 1. The number of piperidine rings is 1. The lowest BCUT2D eigenvalue weighted by Crippen LogP contribution is -2.34. The molecule has 1 fully saturated rings. The average Bonchev–Trinajstić information content (AvgIpc) is 2.46. The van der Waals surface area contributed by atoms with Crippen LogP contribution >= 0.6 is 0 Å². The van der Waals surface area contributed by atoms with Crippen LogP contribution in [0.15, 0.2) is 24.3 Å². The minimum atomic E-state index is 0.120. The van der Waals surface area contributed by atoms with Crippen molar-refractivity contribution >= 4 is 11.6 Å². The van der Waals surface area contributed by atoms with Crippen molar-refractivity contribution in [3.8, 4) is 5.75 Å². The van der Waals surface area contributed by atoms with E-state index in [1.165, 1.54) is 0 Å². The standard InChI is InChI=1S/C15H22N2O2/c1-2-10-19-14-5-3-4-13(11-14)17-15(18)12-6-8-16-9-7-12/h3-5,11-12,16H,2,6-10H2,1H3,(H,17,18). The molecule has 0 radical (unpaired) electrons. The molecule has 1 amide bonds. The highest BCUT2D eigenvalue weighted by Gasteiger charge is 2.20. The number of nitrogens with one attached hydrogen (secondary N) is 2. The summed E-state index contributed by atoms with van der Waals surface area (Å²) in [6.45, 7) is 4.63. The van der Waals surface area contributed by atoms with Gasteiger partial charge in [0.05, 0.1) is 6.61 Å². The molecule has 1 aliphatic heterocycles. The summed E-state index contributed by atoms with van der Waals surface area (Å²) in [4.78, 5) is 12.1. The summed E-state index contributed by atoms with van der Waals surface area (Å²) < 4.78 is 5.56. The van der Waals surface area contributed by atoms with Crippen molar-refractivity contribution in [1.29, 1.82) is 0 Å². The molecule has 1 saturated heterocycles. The van der Waals surface area contributed by atoms with Gasteiger partial charge in [-0.1, -0.05) is 13.0 Å². The summed E-state index contributed by atoms with van der Waals surface area (Å²) in [7, 11) is 0. The molecule has 0 bridgehead atoms. The first kappa shape index (κ1) is 13.9. The van der Waals surface area contributed by atoms with Crippen molar-refractivity contribution in [2.24, 2.45) is 5.92 Å². The number of anilines is 1. The van der Waals surface area contributed by atoms with Crippen molar-refractivity contribution < 1.29 is 9.53 Å². The normalized spacial score (nSPS) is 16.1. The molecule has 0 aromatic heterocycles. The molecule has 0 aliphatic carbocycles. The Kier molecular flexibility index (Phi) is 5.21. The molecule has 1 aromatic rings. The lowest BCUT2D eigenvalue weighted by molar-refractivity contribution is -0.120. The zero-order valence-electron chi connectivity index (χ0n) is 11.4. The van der Waals surface area contributed by atoms with E-state index in [0.29, 0.717) is 6.61 Å². The van der Waals surface area contributed by atoms with Crippen LogP contribution in [-0.2, 0) is 4.79 Å². The predicted octanol–water partition coefficient (Wildman–Crippen LogP) is 2.41. The summed E-state index contributed by atoms with van der Waals surface area (Å²) in [5.74, 6) is 1.06. The molecule has 0 saturated carbocycles. The molecule has 2 rings (SSSR count). The van der Waals surface area contributed by atoms with Crippen molar-refractivity contribution in [3.63, 3.8) is 0 Å². The van der Waals surface area contributed by atoms with Crippen LogP contribution < -0.4 is 15.4 Å². The van der Waals surface area contributed by atoms with E-state index in [2.05, 4.69) is 17.6 Å². The smallest absolute Gasteiger partial charge is 0.227 e. The van der Waals surface area contributed by atoms with E-state index in [9.17, 15) is 4.79 Å². The average molecular weight is 262 g/mol. The molecule has 0 atom stereocenters. The molecule has 4 nitrogen and oxygen atoms in total. The third-order valence-corrected chi connectivity index (χ3v) is 3.28. The van der Waals surface area contributed by atoms with Crippen LogP contribution in [0.25, 0.3) is 0 Å². The Labute approximate surface area is 114 Å². The SMILES string of the molecule is CCCOc1cccc(NC(=O)C2CCNCC2)c1. The van der Waals surface area contributed by atoms with Crippen LogP contribution in [0.2, 0.25) is 0 Å². The van der Waals surface area contributed by atoms with E-state index >= 15 is 0 Å². The van der Waals surface area contributed by atoms with Crippen molar-refractivity contribution in [2.75, 3.05) is 25.0 Å². The Bertz CT molecular complexity index is 414. The lowest BCUT2D eigenvalue weighted by Gasteiger charge is -2.21. The second-order valence-electron chi connectivity index (χ2n) is 4.89. The van der Waals surface area contributed by atoms with Crippen LogP contribution in [0.5, 0.6) is 5.75 Å². The van der Waals surface area contributed by atoms with Gasteiger partial charge in [0.15, 0.2) is 0 Å². The summed E-state index contributed by atoms with van der Waals surface area (Å²) in [5, 5.41) is 6.25. The molecular weight excluding hydrogens is 240 g/mol. The number of amides is 1. The topological polar surface area (TPSA) is 50.4 Å². The molecular formula is C15H22N2O2. The van der Waals surface area contributed by atoms with E-state index in [4.69, 9.17) is 4.74 Å². The lowest BCUT2D eigenvalue weighted by atomic mass is 9.97. The van der Waals surface area contributed by atoms with E-state index < -0.39 is 0 Å². The molecule has 1 aliphatic rings. The van der Waals surface area contributed by atoms with Crippen molar-refractivity contribution in [3.05, 3.63) is 24.3 Å². The number of carbonyl (C=O) groups excluding carboxylic acids is 1. The predicted molar refractivity (Wildman–Crippen MR) is 76.5 cm³/mol. The summed E-state index contributed by atoms with van der Waals surface area (Å²) in [5.41, 5.74) is 0.817. The minimum Gasteiger partial charge on any atom is -0.494 e. The largest absolute Gasteiger partial charge is 0.494 e. The van der Waals surface area contributed by atoms with E-state index in [1.54, 1.807) is 0 Å². The number of ether oxygens (including phenoxy) is 1. The maximum Gasteiger partial charge on any atom is 0.227 e. The zero-order valence-corrected chi connectivity index (χ0v) is 11.4. The second-order valence-corrected chi connectivity index (χ2v) is 4.89. The fraction of sp³-hybridized carbons (Fsp3) is 0.533. The highest BCUT2D eigenvalue weighted by Crippen LogP contribution is 2.20. The first-order chi connectivity index (χ1) is 9.29. The van der Waals surface area contributed by atoms with E-state index in [-0.39, 0.29) is 11.8 Å². The van der Waals surface area contributed by atoms with Gasteiger partial charge in [-0.2, -0.15) is 0 Å². The fourth-order valence-corrected chi connectivity index (χ4v) is 2.21. The van der Waals surface area contributed by atoms with Crippen molar-refractivity contribution in [2.45, 2.75) is 26.2 Å². The third kappa shape index (κ3) is 4.24. The van der Waals surface area contributed by atoms with Gasteiger partial charge in [-0.25, -0.2) is 0 Å². The summed E-state index contributed by atoms with van der Waals surface area (Å²) >= 11 is 0. The fourth-order valence-electron chi connectivity index (χ4n) is 2.21. The second kappa shape index (κ2) is 7.14. The van der Waals surface area contributed by atoms with Gasteiger partial charge in [0.1, 0.15) is 5.75 Å². The Morgan fingerprint density at radius 3 is 2.95 bits per heavy atom. The molecule has 1 heterocycles. The third-order valence-electron chi connectivity index (χ3n) is 3.28. The van der Waals surface area contributed by atoms with Gasteiger partial charge >= 0.3 is 0 Å². The minimum absolute atomic E-state index is 0.120. The first-order valence-electron chi connectivity index (χ1n) is 7.04. The van der Waals surface area contributed by atoms with Gasteiger partial charge in [-0.3, -0.25) is 4.79 Å². The Morgan fingerprint density at radius 2 is 2.21 bits per heavy atom. The van der Waals surface area contributed by atoms with Crippen LogP contribution in [0, 0.1) is 5.92 Å². The number of rotatable bonds is 5. The highest BCUT2D eigenvalue weighted by molar-refractivity contribution is 5.92. The van der Waals surface area contributed by atoms with Gasteiger partial charge in [-0.15, -0.1) is 0 Å². The first-order valence-corrected chi connectivity index (χ1v) is 7.04. The molecule has 2 N–H and O–H groups in total. The van der Waals surface area contributed by atoms with Crippen LogP contribution in [-0.4, -0.2) is 25.6 Å². The summed E-state index contributed by atoms with van der Waals surface area (Å²) in [6, 6.07) is 7.60. The van der Waals surface area contributed by atoms with Gasteiger partial charge in [0.2, 0.25) is 5.91 Å². The Hall–Kier alpha value is -1.55. The molecule has 4 heteroatoms. The number of hydrogen-bond donors (Lipinski definition) is 2. The van der Waals surface area contributed by atoms with Gasteiger partial charge in [0.25, 0.3) is 0 Å². The molecule has 0 spiro atoms. The molecule has 0 unspecified atom stereocenters. The van der Waals surface area contributed by atoms with Gasteiger partial charge < -0.3 is 15.4 Å². The van der Waals surface area contributed by atoms with Gasteiger partial charge in [-0.05, 0) is 44.5 Å². The zero-order chi connectivity index (χ0) is 13.5. The molecule has 1 aromatic carbocycles. The monoisotopic (exact) mass is 262 g/mol. The number of carbonyl (C=O) groups is 1. The van der Waals surface area contributed by atoms with E-state index in [0.717, 1.165) is 43.8 Å². The van der Waals surface area contributed by atoms with Crippen molar-refractivity contribution in [1.82, 2.24) is 5.32 Å². The van der Waals surface area contributed by atoms with Gasteiger partial charge in [0, 0.05) is 17.7 Å². The summed E-state index contributed by atoms with van der Waals surface area (Å²) in [6.07, 6.45) is 2.81. The molecule has 104 valence electrons. The van der Waals surface area contributed by atoms with E-state index in [1.807, 2.05) is 24.3 Å².